The second-order valence-corrected chi connectivity index (χ2v) is 7.97. The molecule has 1 aromatic carbocycles. The summed E-state index contributed by atoms with van der Waals surface area (Å²) in [5, 5.41) is 8.54. The molecule has 3 aromatic rings. The highest BCUT2D eigenvalue weighted by Gasteiger charge is 2.30. The molecular formula is C20H19ClN4O3. The van der Waals surface area contributed by atoms with E-state index in [0.717, 1.165) is 16.5 Å². The van der Waals surface area contributed by atoms with E-state index in [-0.39, 0.29) is 5.78 Å². The third-order valence-corrected chi connectivity index (χ3v) is 4.72. The van der Waals surface area contributed by atoms with E-state index in [0.29, 0.717) is 34.9 Å². The normalized spacial score (nSPS) is 12.8. The van der Waals surface area contributed by atoms with E-state index in [1.807, 2.05) is 26.8 Å². The molecule has 1 aliphatic rings. The van der Waals surface area contributed by atoms with Gasteiger partial charge in [0.05, 0.1) is 28.2 Å². The lowest BCUT2D eigenvalue weighted by Gasteiger charge is -2.19. The molecule has 28 heavy (non-hydrogen) atoms. The van der Waals surface area contributed by atoms with Gasteiger partial charge >= 0.3 is 6.09 Å². The van der Waals surface area contributed by atoms with Gasteiger partial charge in [-0.25, -0.2) is 4.79 Å². The Labute approximate surface area is 166 Å². The molecule has 0 radical (unpaired) electrons. The van der Waals surface area contributed by atoms with Crippen LogP contribution in [0.5, 0.6) is 0 Å². The molecule has 1 amide bonds. The Hall–Kier alpha value is -2.93. The van der Waals surface area contributed by atoms with Crippen LogP contribution in [0.4, 0.5) is 4.79 Å². The van der Waals surface area contributed by atoms with Gasteiger partial charge in [-0.3, -0.25) is 14.5 Å². The fourth-order valence-electron chi connectivity index (χ4n) is 3.32. The summed E-state index contributed by atoms with van der Waals surface area (Å²) in [6.07, 6.45) is 2.69. The zero-order valence-corrected chi connectivity index (χ0v) is 16.5. The van der Waals surface area contributed by atoms with Crippen LogP contribution in [-0.4, -0.2) is 38.8 Å². The average molecular weight is 399 g/mol. The Morgan fingerprint density at radius 1 is 1.25 bits per heavy atom. The number of hydrogen-bond donors (Lipinski definition) is 1. The van der Waals surface area contributed by atoms with Crippen LogP contribution in [0.15, 0.2) is 30.6 Å². The minimum atomic E-state index is -0.557. The molecule has 144 valence electrons. The molecule has 2 aromatic heterocycles. The number of ketones is 1. The molecule has 0 bridgehead atoms. The van der Waals surface area contributed by atoms with E-state index in [2.05, 4.69) is 10.3 Å². The van der Waals surface area contributed by atoms with Gasteiger partial charge in [0.15, 0.2) is 5.78 Å². The number of amides is 1. The second-order valence-electron chi connectivity index (χ2n) is 7.57. The van der Waals surface area contributed by atoms with Crippen molar-refractivity contribution in [3.63, 3.8) is 0 Å². The Morgan fingerprint density at radius 3 is 2.79 bits per heavy atom. The second kappa shape index (κ2) is 6.60. The van der Waals surface area contributed by atoms with Crippen LogP contribution in [0.3, 0.4) is 0 Å². The molecule has 8 heteroatoms. The average Bonchev–Trinajstić information content (AvgIpc) is 2.98. The molecule has 1 aliphatic carbocycles. The van der Waals surface area contributed by atoms with Gasteiger partial charge in [0.2, 0.25) is 0 Å². The van der Waals surface area contributed by atoms with Crippen molar-refractivity contribution in [2.75, 3.05) is 6.54 Å². The van der Waals surface area contributed by atoms with Crippen molar-refractivity contribution < 1.29 is 14.3 Å². The molecule has 0 aliphatic heterocycles. The highest BCUT2D eigenvalue weighted by Crippen LogP contribution is 2.41. The lowest BCUT2D eigenvalue weighted by atomic mass is 9.89. The standard InChI is InChI=1S/C20H19ClN4O3/c1-20(2,3)28-19(27)23-8-9-25-14-5-4-13(21)15-16(14)17(24-25)11-6-7-22-10-12(11)18(15)26/h4-7,10H,8-9H2,1-3H3,(H,23,27). The summed E-state index contributed by atoms with van der Waals surface area (Å²) in [5.41, 5.74) is 2.59. The van der Waals surface area contributed by atoms with Crippen LogP contribution in [0.2, 0.25) is 5.02 Å². The number of nitrogens with one attached hydrogen (secondary N) is 1. The number of carbonyl (C=O) groups excluding carboxylic acids is 2. The summed E-state index contributed by atoms with van der Waals surface area (Å²) in [6, 6.07) is 5.31. The van der Waals surface area contributed by atoms with Gasteiger partial charge in [-0.1, -0.05) is 11.6 Å². The number of pyridine rings is 1. The highest BCUT2D eigenvalue weighted by atomic mass is 35.5. The predicted molar refractivity (Wildman–Crippen MR) is 106 cm³/mol. The van der Waals surface area contributed by atoms with Crippen molar-refractivity contribution >= 4 is 34.4 Å². The molecule has 2 heterocycles. The molecule has 0 unspecified atom stereocenters. The maximum atomic E-state index is 12.9. The summed E-state index contributed by atoms with van der Waals surface area (Å²) in [7, 11) is 0. The minimum absolute atomic E-state index is 0.155. The van der Waals surface area contributed by atoms with E-state index in [4.69, 9.17) is 21.4 Å². The molecule has 7 nitrogen and oxygen atoms in total. The molecule has 0 saturated carbocycles. The van der Waals surface area contributed by atoms with Crippen LogP contribution in [-0.2, 0) is 11.3 Å². The van der Waals surface area contributed by atoms with Gasteiger partial charge in [0.25, 0.3) is 0 Å². The fourth-order valence-corrected chi connectivity index (χ4v) is 3.56. The van der Waals surface area contributed by atoms with Gasteiger partial charge in [-0.15, -0.1) is 0 Å². The summed E-state index contributed by atoms with van der Waals surface area (Å²) in [5.74, 6) is -0.155. The van der Waals surface area contributed by atoms with Crippen molar-refractivity contribution in [3.05, 3.63) is 46.7 Å². The number of hydrogen-bond acceptors (Lipinski definition) is 5. The number of halogens is 1. The van der Waals surface area contributed by atoms with Crippen molar-refractivity contribution in [1.82, 2.24) is 20.1 Å². The van der Waals surface area contributed by atoms with E-state index in [9.17, 15) is 9.59 Å². The predicted octanol–water partition coefficient (Wildman–Crippen LogP) is 3.82. The first kappa shape index (κ1) is 18.4. The maximum absolute atomic E-state index is 12.9. The summed E-state index contributed by atoms with van der Waals surface area (Å²) in [6.45, 7) is 6.18. The zero-order chi connectivity index (χ0) is 20.1. The first-order chi connectivity index (χ1) is 13.3. The maximum Gasteiger partial charge on any atom is 0.407 e. The SMILES string of the molecule is CC(C)(C)OC(=O)NCCn1nc2c3c(c(Cl)ccc31)C(=O)c1cnccc1-2. The molecular weight excluding hydrogens is 380 g/mol. The molecule has 1 N–H and O–H groups in total. The summed E-state index contributed by atoms with van der Waals surface area (Å²) >= 11 is 6.34. The highest BCUT2D eigenvalue weighted by molar-refractivity contribution is 6.39. The van der Waals surface area contributed by atoms with Gasteiger partial charge in [-0.2, -0.15) is 5.10 Å². The Kier molecular flexibility index (Phi) is 4.34. The zero-order valence-electron chi connectivity index (χ0n) is 15.7. The number of fused-ring (bicyclic) bond motifs is 2. The molecule has 0 saturated heterocycles. The number of ether oxygens (including phenoxy) is 1. The van der Waals surface area contributed by atoms with Gasteiger partial charge in [0, 0.05) is 29.9 Å². The number of rotatable bonds is 3. The van der Waals surface area contributed by atoms with Crippen LogP contribution >= 0.6 is 11.6 Å². The number of nitrogens with zero attached hydrogens (tertiary/aromatic N) is 3. The van der Waals surface area contributed by atoms with E-state index < -0.39 is 11.7 Å². The molecule has 0 atom stereocenters. The van der Waals surface area contributed by atoms with E-state index >= 15 is 0 Å². The molecule has 0 spiro atoms. The van der Waals surface area contributed by atoms with Gasteiger partial charge in [-0.05, 0) is 39.0 Å². The van der Waals surface area contributed by atoms with Crippen molar-refractivity contribution in [2.24, 2.45) is 0 Å². The third-order valence-electron chi connectivity index (χ3n) is 4.41. The monoisotopic (exact) mass is 398 g/mol. The van der Waals surface area contributed by atoms with E-state index in [1.54, 1.807) is 29.2 Å². The number of benzene rings is 1. The first-order valence-electron chi connectivity index (χ1n) is 8.91. The van der Waals surface area contributed by atoms with Gasteiger partial charge < -0.3 is 10.1 Å². The van der Waals surface area contributed by atoms with Crippen LogP contribution < -0.4 is 5.32 Å². The lowest BCUT2D eigenvalue weighted by Crippen LogP contribution is -2.34. The fraction of sp³-hybridized carbons (Fsp3) is 0.300. The molecule has 0 fully saturated rings. The Morgan fingerprint density at radius 2 is 2.04 bits per heavy atom. The summed E-state index contributed by atoms with van der Waals surface area (Å²) in [4.78, 5) is 28.8. The number of carbonyl (C=O) groups is 2. The van der Waals surface area contributed by atoms with Gasteiger partial charge in [0.1, 0.15) is 11.3 Å². The quantitative estimate of drug-likeness (QED) is 0.567. The van der Waals surface area contributed by atoms with E-state index in [1.165, 1.54) is 0 Å². The van der Waals surface area contributed by atoms with Crippen LogP contribution in [0, 0.1) is 0 Å². The largest absolute Gasteiger partial charge is 0.444 e. The number of aromatic nitrogens is 3. The smallest absolute Gasteiger partial charge is 0.407 e. The lowest BCUT2D eigenvalue weighted by molar-refractivity contribution is 0.0525. The van der Waals surface area contributed by atoms with Crippen LogP contribution in [0.1, 0.15) is 36.7 Å². The Bertz CT molecular complexity index is 1110. The van der Waals surface area contributed by atoms with Crippen molar-refractivity contribution in [1.29, 1.82) is 0 Å². The van der Waals surface area contributed by atoms with Crippen LogP contribution in [0.25, 0.3) is 22.2 Å². The summed E-state index contributed by atoms with van der Waals surface area (Å²) < 4.78 is 7.01. The minimum Gasteiger partial charge on any atom is -0.444 e. The Balaban J connectivity index is 1.69. The molecule has 4 rings (SSSR count). The third kappa shape index (κ3) is 3.11. The van der Waals surface area contributed by atoms with Crippen molar-refractivity contribution in [2.45, 2.75) is 32.9 Å². The topological polar surface area (TPSA) is 86.1 Å². The first-order valence-corrected chi connectivity index (χ1v) is 9.29. The number of alkyl carbamates (subject to hydrolysis) is 1. The van der Waals surface area contributed by atoms with Crippen molar-refractivity contribution in [3.8, 4) is 11.3 Å².